The standard InChI is InChI=1S/C13H10ClN3O3S/c14-11-8-10(2-1-7-18)3-4-12(11)21(19,20)17-13-9-15-5-6-16-13/h3-6,8-9,18H,7H2,(H,16,17). The minimum absolute atomic E-state index is 0.0242. The Labute approximate surface area is 126 Å². The van der Waals surface area contributed by atoms with Crippen molar-refractivity contribution in [2.75, 3.05) is 11.3 Å². The summed E-state index contributed by atoms with van der Waals surface area (Å²) in [6, 6.07) is 4.25. The Hall–Kier alpha value is -2.14. The summed E-state index contributed by atoms with van der Waals surface area (Å²) < 4.78 is 26.7. The van der Waals surface area contributed by atoms with Gasteiger partial charge in [0.1, 0.15) is 11.5 Å². The number of rotatable bonds is 3. The molecule has 2 N–H and O–H groups in total. The highest BCUT2D eigenvalue weighted by atomic mass is 35.5. The molecular formula is C13H10ClN3O3S. The molecule has 0 saturated heterocycles. The molecule has 0 aliphatic carbocycles. The van der Waals surface area contributed by atoms with Crippen molar-refractivity contribution in [1.29, 1.82) is 0 Å². The average molecular weight is 324 g/mol. The number of anilines is 1. The number of halogens is 1. The number of aliphatic hydroxyl groups is 1. The van der Waals surface area contributed by atoms with Crippen LogP contribution in [0.3, 0.4) is 0 Å². The van der Waals surface area contributed by atoms with Gasteiger partial charge in [0.2, 0.25) is 0 Å². The molecule has 6 nitrogen and oxygen atoms in total. The van der Waals surface area contributed by atoms with Crippen LogP contribution in [0.5, 0.6) is 0 Å². The molecule has 0 aliphatic heterocycles. The Kier molecular flexibility index (Phi) is 4.75. The molecule has 1 heterocycles. The van der Waals surface area contributed by atoms with E-state index in [0.29, 0.717) is 5.56 Å². The number of nitrogens with zero attached hydrogens (tertiary/aromatic N) is 2. The van der Waals surface area contributed by atoms with Gasteiger partial charge in [0, 0.05) is 18.0 Å². The zero-order valence-electron chi connectivity index (χ0n) is 10.6. The summed E-state index contributed by atoms with van der Waals surface area (Å²) in [4.78, 5) is 7.51. The Balaban J connectivity index is 2.32. The SMILES string of the molecule is O=S(=O)(Nc1cnccn1)c1ccc(C#CCO)cc1Cl. The van der Waals surface area contributed by atoms with Gasteiger partial charge >= 0.3 is 0 Å². The molecule has 0 bridgehead atoms. The molecule has 0 saturated carbocycles. The van der Waals surface area contributed by atoms with Gasteiger partial charge in [0.15, 0.2) is 5.82 Å². The number of hydrogen-bond acceptors (Lipinski definition) is 5. The molecule has 1 aromatic heterocycles. The molecule has 2 aromatic rings. The summed E-state index contributed by atoms with van der Waals surface area (Å²) in [5.41, 5.74) is 0.507. The summed E-state index contributed by atoms with van der Waals surface area (Å²) in [7, 11) is -3.86. The second-order valence-corrected chi connectivity index (χ2v) is 5.86. The van der Waals surface area contributed by atoms with Gasteiger partial charge in [-0.15, -0.1) is 0 Å². The van der Waals surface area contributed by atoms with E-state index in [4.69, 9.17) is 16.7 Å². The van der Waals surface area contributed by atoms with E-state index in [9.17, 15) is 8.42 Å². The van der Waals surface area contributed by atoms with Crippen molar-refractivity contribution in [3.8, 4) is 11.8 Å². The topological polar surface area (TPSA) is 92.2 Å². The lowest BCUT2D eigenvalue weighted by Gasteiger charge is -2.08. The Morgan fingerprint density at radius 1 is 1.33 bits per heavy atom. The predicted molar refractivity (Wildman–Crippen MR) is 78.3 cm³/mol. The largest absolute Gasteiger partial charge is 0.384 e. The van der Waals surface area contributed by atoms with E-state index < -0.39 is 10.0 Å². The van der Waals surface area contributed by atoms with Crippen molar-refractivity contribution < 1.29 is 13.5 Å². The molecule has 0 amide bonds. The first-order valence-electron chi connectivity index (χ1n) is 5.71. The summed E-state index contributed by atoms with van der Waals surface area (Å²) in [6.07, 6.45) is 4.08. The number of nitrogens with one attached hydrogen (secondary N) is 1. The number of hydrogen-bond donors (Lipinski definition) is 2. The van der Waals surface area contributed by atoms with Crippen LogP contribution in [-0.4, -0.2) is 30.1 Å². The highest BCUT2D eigenvalue weighted by Crippen LogP contribution is 2.24. The third-order valence-electron chi connectivity index (χ3n) is 2.34. The van der Waals surface area contributed by atoms with Crippen molar-refractivity contribution in [2.24, 2.45) is 0 Å². The predicted octanol–water partition coefficient (Wildman–Crippen LogP) is 1.27. The highest BCUT2D eigenvalue weighted by molar-refractivity contribution is 7.92. The van der Waals surface area contributed by atoms with Gasteiger partial charge in [0.25, 0.3) is 10.0 Å². The molecule has 8 heteroatoms. The van der Waals surface area contributed by atoms with Crippen LogP contribution in [0.1, 0.15) is 5.56 Å². The lowest BCUT2D eigenvalue weighted by molar-refractivity contribution is 0.350. The van der Waals surface area contributed by atoms with Crippen LogP contribution in [0.4, 0.5) is 5.82 Å². The second-order valence-electron chi connectivity index (χ2n) is 3.80. The van der Waals surface area contributed by atoms with Gasteiger partial charge in [-0.25, -0.2) is 13.4 Å². The quantitative estimate of drug-likeness (QED) is 0.830. The number of benzene rings is 1. The monoisotopic (exact) mass is 323 g/mol. The van der Waals surface area contributed by atoms with Crippen molar-refractivity contribution in [2.45, 2.75) is 4.90 Å². The van der Waals surface area contributed by atoms with Crippen molar-refractivity contribution in [3.63, 3.8) is 0 Å². The van der Waals surface area contributed by atoms with E-state index in [1.807, 2.05) is 0 Å². The molecule has 0 fully saturated rings. The molecule has 0 aliphatic rings. The molecule has 1 aromatic carbocycles. The summed E-state index contributed by atoms with van der Waals surface area (Å²) in [5, 5.41) is 8.64. The normalized spacial score (nSPS) is 10.6. The van der Waals surface area contributed by atoms with Crippen molar-refractivity contribution >= 4 is 27.4 Å². The second kappa shape index (κ2) is 6.54. The van der Waals surface area contributed by atoms with Crippen LogP contribution < -0.4 is 4.72 Å². The fourth-order valence-electron chi connectivity index (χ4n) is 1.48. The molecule has 0 atom stereocenters. The Morgan fingerprint density at radius 2 is 2.14 bits per heavy atom. The maximum absolute atomic E-state index is 12.2. The van der Waals surface area contributed by atoms with Gasteiger partial charge in [-0.3, -0.25) is 9.71 Å². The Morgan fingerprint density at radius 3 is 2.76 bits per heavy atom. The zero-order valence-corrected chi connectivity index (χ0v) is 12.2. The van der Waals surface area contributed by atoms with Crippen molar-refractivity contribution in [3.05, 3.63) is 47.4 Å². The number of sulfonamides is 1. The highest BCUT2D eigenvalue weighted by Gasteiger charge is 2.18. The Bertz CT molecular complexity index is 798. The summed E-state index contributed by atoms with van der Waals surface area (Å²) in [6.45, 7) is -0.286. The minimum Gasteiger partial charge on any atom is -0.384 e. The first-order chi connectivity index (χ1) is 10.0. The fourth-order valence-corrected chi connectivity index (χ4v) is 3.02. The van der Waals surface area contributed by atoms with E-state index in [1.54, 1.807) is 0 Å². The third-order valence-corrected chi connectivity index (χ3v) is 4.17. The number of aliphatic hydroxyl groups excluding tert-OH is 1. The maximum atomic E-state index is 12.2. The van der Waals surface area contributed by atoms with Crippen molar-refractivity contribution in [1.82, 2.24) is 9.97 Å². The van der Waals surface area contributed by atoms with Crippen LogP contribution in [0.15, 0.2) is 41.7 Å². The molecule has 2 rings (SSSR count). The molecule has 108 valence electrons. The number of aromatic nitrogens is 2. The van der Waals surface area contributed by atoms with Crippen LogP contribution in [0, 0.1) is 11.8 Å². The minimum atomic E-state index is -3.86. The van der Waals surface area contributed by atoms with E-state index in [1.165, 1.54) is 36.8 Å². The van der Waals surface area contributed by atoms with Crippen LogP contribution in [-0.2, 0) is 10.0 Å². The molecule has 0 spiro atoms. The smallest absolute Gasteiger partial charge is 0.264 e. The van der Waals surface area contributed by atoms with E-state index in [-0.39, 0.29) is 22.3 Å². The summed E-state index contributed by atoms with van der Waals surface area (Å²) >= 11 is 5.97. The van der Waals surface area contributed by atoms with E-state index >= 15 is 0 Å². The molecule has 0 radical (unpaired) electrons. The first-order valence-corrected chi connectivity index (χ1v) is 7.57. The van der Waals surface area contributed by atoms with Gasteiger partial charge in [0.05, 0.1) is 11.2 Å². The lowest BCUT2D eigenvalue weighted by Crippen LogP contribution is -2.14. The maximum Gasteiger partial charge on any atom is 0.264 e. The summed E-state index contributed by atoms with van der Waals surface area (Å²) in [5.74, 6) is 5.19. The molecular weight excluding hydrogens is 314 g/mol. The van der Waals surface area contributed by atoms with Crippen LogP contribution in [0.2, 0.25) is 5.02 Å². The van der Waals surface area contributed by atoms with E-state index in [2.05, 4.69) is 26.5 Å². The molecule has 21 heavy (non-hydrogen) atoms. The first kappa shape index (κ1) is 15.3. The van der Waals surface area contributed by atoms with Gasteiger partial charge in [-0.2, -0.15) is 0 Å². The van der Waals surface area contributed by atoms with Crippen LogP contribution in [0.25, 0.3) is 0 Å². The van der Waals surface area contributed by atoms with Gasteiger partial charge in [-0.1, -0.05) is 23.4 Å². The van der Waals surface area contributed by atoms with E-state index in [0.717, 1.165) is 0 Å². The molecule has 0 unspecified atom stereocenters. The fraction of sp³-hybridized carbons (Fsp3) is 0.0769. The lowest BCUT2D eigenvalue weighted by atomic mass is 10.2. The van der Waals surface area contributed by atoms with Gasteiger partial charge < -0.3 is 5.11 Å². The average Bonchev–Trinajstić information content (AvgIpc) is 2.45. The van der Waals surface area contributed by atoms with Gasteiger partial charge in [-0.05, 0) is 18.2 Å². The third kappa shape index (κ3) is 3.92. The zero-order chi connectivity index (χ0) is 15.3. The van der Waals surface area contributed by atoms with Crippen LogP contribution >= 0.6 is 11.6 Å².